The lowest BCUT2D eigenvalue weighted by Gasteiger charge is -2.34. The molecule has 106 valence electrons. The van der Waals surface area contributed by atoms with Crippen LogP contribution in [0.4, 0.5) is 4.39 Å². The molecule has 1 saturated heterocycles. The number of rotatable bonds is 5. The molecule has 1 aliphatic rings. The molecule has 1 heterocycles. The molecule has 1 aliphatic heterocycles. The van der Waals surface area contributed by atoms with E-state index >= 15 is 0 Å². The van der Waals surface area contributed by atoms with Gasteiger partial charge in [-0.05, 0) is 50.6 Å². The SMILES string of the molecule is C[C@H]1CCCCN1C[C@@H](O)COc1ccc(F)cc1. The Morgan fingerprint density at radius 1 is 1.37 bits per heavy atom. The van der Waals surface area contributed by atoms with Crippen LogP contribution < -0.4 is 4.74 Å². The van der Waals surface area contributed by atoms with Crippen molar-refractivity contribution in [1.29, 1.82) is 0 Å². The number of hydrogen-bond acceptors (Lipinski definition) is 3. The first-order valence-electron chi connectivity index (χ1n) is 6.95. The summed E-state index contributed by atoms with van der Waals surface area (Å²) in [6, 6.07) is 6.40. The molecule has 2 rings (SSSR count). The van der Waals surface area contributed by atoms with Gasteiger partial charge in [-0.1, -0.05) is 6.42 Å². The molecule has 0 unspecified atom stereocenters. The zero-order valence-electron chi connectivity index (χ0n) is 11.4. The molecule has 0 amide bonds. The second-order valence-corrected chi connectivity index (χ2v) is 5.26. The monoisotopic (exact) mass is 267 g/mol. The van der Waals surface area contributed by atoms with E-state index < -0.39 is 6.10 Å². The molecule has 0 radical (unpaired) electrons. The van der Waals surface area contributed by atoms with Crippen molar-refractivity contribution >= 4 is 0 Å². The summed E-state index contributed by atoms with van der Waals surface area (Å²) in [6.45, 7) is 4.14. The maximum Gasteiger partial charge on any atom is 0.123 e. The summed E-state index contributed by atoms with van der Waals surface area (Å²) < 4.78 is 18.2. The number of hydrogen-bond donors (Lipinski definition) is 1. The molecule has 0 aromatic heterocycles. The molecule has 0 saturated carbocycles. The van der Waals surface area contributed by atoms with Crippen LogP contribution in [0.15, 0.2) is 24.3 Å². The highest BCUT2D eigenvalue weighted by Crippen LogP contribution is 2.17. The smallest absolute Gasteiger partial charge is 0.123 e. The molecule has 1 aromatic rings. The largest absolute Gasteiger partial charge is 0.491 e. The summed E-state index contributed by atoms with van der Waals surface area (Å²) in [4.78, 5) is 2.31. The second-order valence-electron chi connectivity index (χ2n) is 5.26. The minimum atomic E-state index is -0.509. The number of aliphatic hydroxyl groups excluding tert-OH is 1. The van der Waals surface area contributed by atoms with Gasteiger partial charge in [0.05, 0.1) is 0 Å². The van der Waals surface area contributed by atoms with Gasteiger partial charge in [0.2, 0.25) is 0 Å². The number of nitrogens with zero attached hydrogens (tertiary/aromatic N) is 1. The van der Waals surface area contributed by atoms with Crippen LogP contribution in [0.25, 0.3) is 0 Å². The van der Waals surface area contributed by atoms with Gasteiger partial charge in [0.15, 0.2) is 0 Å². The van der Waals surface area contributed by atoms with Crippen LogP contribution in [0.2, 0.25) is 0 Å². The Bertz CT molecular complexity index is 382. The molecular weight excluding hydrogens is 245 g/mol. The van der Waals surface area contributed by atoms with Crippen LogP contribution in [0.1, 0.15) is 26.2 Å². The van der Waals surface area contributed by atoms with E-state index in [0.717, 1.165) is 6.54 Å². The quantitative estimate of drug-likeness (QED) is 0.889. The van der Waals surface area contributed by atoms with E-state index in [9.17, 15) is 9.50 Å². The predicted molar refractivity (Wildman–Crippen MR) is 72.8 cm³/mol. The summed E-state index contributed by atoms with van der Waals surface area (Å²) in [7, 11) is 0. The first-order chi connectivity index (χ1) is 9.15. The third-order valence-electron chi connectivity index (χ3n) is 3.64. The topological polar surface area (TPSA) is 32.7 Å². The Morgan fingerprint density at radius 3 is 2.79 bits per heavy atom. The van der Waals surface area contributed by atoms with Gasteiger partial charge in [0, 0.05) is 12.6 Å². The number of likely N-dealkylation sites (tertiary alicyclic amines) is 1. The molecule has 2 atom stereocenters. The first kappa shape index (κ1) is 14.3. The molecule has 1 aromatic carbocycles. The Hall–Kier alpha value is -1.13. The molecule has 0 bridgehead atoms. The van der Waals surface area contributed by atoms with E-state index in [-0.39, 0.29) is 12.4 Å². The van der Waals surface area contributed by atoms with Gasteiger partial charge in [0.1, 0.15) is 24.3 Å². The highest BCUT2D eigenvalue weighted by Gasteiger charge is 2.20. The van der Waals surface area contributed by atoms with Crippen LogP contribution in [0.5, 0.6) is 5.75 Å². The van der Waals surface area contributed by atoms with Crippen molar-refractivity contribution in [2.45, 2.75) is 38.3 Å². The van der Waals surface area contributed by atoms with Crippen molar-refractivity contribution in [3.05, 3.63) is 30.1 Å². The van der Waals surface area contributed by atoms with Crippen LogP contribution in [-0.2, 0) is 0 Å². The maximum absolute atomic E-state index is 12.7. The van der Waals surface area contributed by atoms with E-state index in [1.807, 2.05) is 0 Å². The highest BCUT2D eigenvalue weighted by molar-refractivity contribution is 5.22. The molecule has 1 fully saturated rings. The first-order valence-corrected chi connectivity index (χ1v) is 6.95. The van der Waals surface area contributed by atoms with Crippen LogP contribution >= 0.6 is 0 Å². The molecule has 19 heavy (non-hydrogen) atoms. The normalized spacial score (nSPS) is 22.2. The fourth-order valence-electron chi connectivity index (χ4n) is 2.48. The Balaban J connectivity index is 1.74. The van der Waals surface area contributed by atoms with E-state index in [1.165, 1.54) is 31.4 Å². The lowest BCUT2D eigenvalue weighted by molar-refractivity contribution is 0.0437. The van der Waals surface area contributed by atoms with E-state index in [0.29, 0.717) is 18.3 Å². The van der Waals surface area contributed by atoms with Crippen LogP contribution in [-0.4, -0.2) is 41.8 Å². The molecule has 0 spiro atoms. The summed E-state index contributed by atoms with van der Waals surface area (Å²) >= 11 is 0. The van der Waals surface area contributed by atoms with Gasteiger partial charge < -0.3 is 9.84 Å². The van der Waals surface area contributed by atoms with Gasteiger partial charge in [0.25, 0.3) is 0 Å². The number of halogens is 1. The van der Waals surface area contributed by atoms with Gasteiger partial charge >= 0.3 is 0 Å². The van der Waals surface area contributed by atoms with Crippen LogP contribution in [0.3, 0.4) is 0 Å². The molecule has 1 N–H and O–H groups in total. The minimum absolute atomic E-state index is 0.245. The third kappa shape index (κ3) is 4.48. The number of benzene rings is 1. The second kappa shape index (κ2) is 6.87. The van der Waals surface area contributed by atoms with Crippen molar-refractivity contribution in [2.75, 3.05) is 19.7 Å². The number of aliphatic hydroxyl groups is 1. The average Bonchev–Trinajstić information content (AvgIpc) is 2.41. The number of piperidine rings is 1. The van der Waals surface area contributed by atoms with Crippen molar-refractivity contribution in [1.82, 2.24) is 4.90 Å². The van der Waals surface area contributed by atoms with E-state index in [2.05, 4.69) is 11.8 Å². The van der Waals surface area contributed by atoms with Crippen molar-refractivity contribution in [3.8, 4) is 5.75 Å². The fourth-order valence-corrected chi connectivity index (χ4v) is 2.48. The summed E-state index contributed by atoms with van der Waals surface area (Å²) in [5, 5.41) is 9.99. The van der Waals surface area contributed by atoms with Crippen molar-refractivity contribution in [2.24, 2.45) is 0 Å². The molecule has 3 nitrogen and oxygen atoms in total. The van der Waals surface area contributed by atoms with E-state index in [4.69, 9.17) is 4.74 Å². The maximum atomic E-state index is 12.7. The lowest BCUT2D eigenvalue weighted by Crippen LogP contribution is -2.43. The third-order valence-corrected chi connectivity index (χ3v) is 3.64. The average molecular weight is 267 g/mol. The highest BCUT2D eigenvalue weighted by atomic mass is 19.1. The van der Waals surface area contributed by atoms with Gasteiger partial charge in [-0.2, -0.15) is 0 Å². The Labute approximate surface area is 114 Å². The Morgan fingerprint density at radius 2 is 2.11 bits per heavy atom. The summed E-state index contributed by atoms with van der Waals surface area (Å²) in [5.41, 5.74) is 0. The van der Waals surface area contributed by atoms with Gasteiger partial charge in [-0.15, -0.1) is 0 Å². The summed E-state index contributed by atoms with van der Waals surface area (Å²) in [6.07, 6.45) is 3.17. The minimum Gasteiger partial charge on any atom is -0.491 e. The molecule has 4 heteroatoms. The number of ether oxygens (including phenoxy) is 1. The van der Waals surface area contributed by atoms with Crippen LogP contribution in [0, 0.1) is 5.82 Å². The van der Waals surface area contributed by atoms with Crippen molar-refractivity contribution < 1.29 is 14.2 Å². The van der Waals surface area contributed by atoms with E-state index in [1.54, 1.807) is 12.1 Å². The van der Waals surface area contributed by atoms with Gasteiger partial charge in [-0.25, -0.2) is 4.39 Å². The zero-order chi connectivity index (χ0) is 13.7. The number of β-amino-alcohol motifs (C(OH)–C–C–N with tert-alkyl or cyclic N) is 1. The lowest BCUT2D eigenvalue weighted by atomic mass is 10.0. The molecule has 0 aliphatic carbocycles. The van der Waals surface area contributed by atoms with Gasteiger partial charge in [-0.3, -0.25) is 4.90 Å². The fraction of sp³-hybridized carbons (Fsp3) is 0.600. The predicted octanol–water partition coefficient (Wildman–Crippen LogP) is 2.44. The summed E-state index contributed by atoms with van der Waals surface area (Å²) in [5.74, 6) is 0.308. The molecular formula is C15H22FNO2. The standard InChI is InChI=1S/C15H22FNO2/c1-12-4-2-3-9-17(12)10-14(18)11-19-15-7-5-13(16)6-8-15/h5-8,12,14,18H,2-4,9-11H2,1H3/t12-,14+/m0/s1. The zero-order valence-corrected chi connectivity index (χ0v) is 11.4. The van der Waals surface area contributed by atoms with Crippen molar-refractivity contribution in [3.63, 3.8) is 0 Å². The Kier molecular flexibility index (Phi) is 5.16.